The van der Waals surface area contributed by atoms with Crippen molar-refractivity contribution >= 4 is 11.8 Å². The summed E-state index contributed by atoms with van der Waals surface area (Å²) in [4.78, 5) is 0. The summed E-state index contributed by atoms with van der Waals surface area (Å²) in [5.41, 5.74) is 7.06. The molecular weight excluding hydrogens is 288 g/mol. The van der Waals surface area contributed by atoms with Crippen LogP contribution in [0.4, 0.5) is 5.69 Å². The van der Waals surface area contributed by atoms with Crippen LogP contribution in [0.3, 0.4) is 0 Å². The molecule has 0 aromatic heterocycles. The maximum atomic E-state index is 9.42. The van der Waals surface area contributed by atoms with Gasteiger partial charge in [0, 0.05) is 11.3 Å². The predicted molar refractivity (Wildman–Crippen MR) is 85.9 cm³/mol. The van der Waals surface area contributed by atoms with E-state index < -0.39 is 5.60 Å². The second-order valence-electron chi connectivity index (χ2n) is 5.44. The summed E-state index contributed by atoms with van der Waals surface area (Å²) < 4.78 is 5.68. The van der Waals surface area contributed by atoms with Gasteiger partial charge >= 0.3 is 0 Å². The van der Waals surface area contributed by atoms with Crippen molar-refractivity contribution in [1.29, 1.82) is 15.8 Å². The summed E-state index contributed by atoms with van der Waals surface area (Å²) in [7, 11) is 0. The van der Waals surface area contributed by atoms with Crippen molar-refractivity contribution in [3.05, 3.63) is 58.4 Å². The highest BCUT2D eigenvalue weighted by atomic mass is 16.5. The summed E-state index contributed by atoms with van der Waals surface area (Å²) in [6, 6.07) is 12.8. The van der Waals surface area contributed by atoms with Gasteiger partial charge in [0.25, 0.3) is 0 Å². The molecule has 0 radical (unpaired) electrons. The topological polar surface area (TPSA) is 107 Å². The largest absolute Gasteiger partial charge is 0.480 e. The third kappa shape index (κ3) is 3.07. The Morgan fingerprint density at radius 2 is 1.70 bits per heavy atom. The summed E-state index contributed by atoms with van der Waals surface area (Å²) in [5.74, 6) is 0.0412. The maximum absolute atomic E-state index is 9.42. The molecule has 1 aliphatic rings. The average molecular weight is 302 g/mol. The van der Waals surface area contributed by atoms with Crippen molar-refractivity contribution in [2.75, 3.05) is 5.73 Å². The standard InChI is InChI=1S/C18H14N4O/c1-18(2)16(8-5-12-3-6-14(22)7-4-12)15(11-21)17(23-18)13(9-19)10-20/h3-8H,22H2,1-2H3/b8-5+. The number of hydrogen-bond donors (Lipinski definition) is 1. The Kier molecular flexibility index (Phi) is 4.21. The third-order valence-corrected chi connectivity index (χ3v) is 3.44. The Hall–Kier alpha value is -3.49. The number of hydrogen-bond acceptors (Lipinski definition) is 5. The number of nitrogens with zero attached hydrogens (tertiary/aromatic N) is 3. The number of ether oxygens (including phenoxy) is 1. The molecule has 2 N–H and O–H groups in total. The van der Waals surface area contributed by atoms with Gasteiger partial charge in [-0.1, -0.05) is 24.3 Å². The van der Waals surface area contributed by atoms with Crippen LogP contribution in [-0.2, 0) is 4.74 Å². The molecule has 1 heterocycles. The van der Waals surface area contributed by atoms with Crippen molar-refractivity contribution in [1.82, 2.24) is 0 Å². The second-order valence-corrected chi connectivity index (χ2v) is 5.44. The number of rotatable bonds is 2. The number of allylic oxidation sites excluding steroid dienone is 2. The molecule has 23 heavy (non-hydrogen) atoms. The SMILES string of the molecule is CC1(C)OC(=C(C#N)C#N)C(C#N)=C1/C=C/c1ccc(N)cc1. The van der Waals surface area contributed by atoms with Crippen molar-refractivity contribution in [2.45, 2.75) is 19.4 Å². The highest BCUT2D eigenvalue weighted by Crippen LogP contribution is 2.40. The third-order valence-electron chi connectivity index (χ3n) is 3.44. The summed E-state index contributed by atoms with van der Waals surface area (Å²) >= 11 is 0. The van der Waals surface area contributed by atoms with E-state index in [9.17, 15) is 5.26 Å². The first kappa shape index (κ1) is 15.9. The molecular formula is C18H14N4O. The molecule has 0 unspecified atom stereocenters. The van der Waals surface area contributed by atoms with Gasteiger partial charge < -0.3 is 10.5 Å². The molecule has 0 fully saturated rings. The summed E-state index contributed by atoms with van der Waals surface area (Å²) in [5, 5.41) is 27.5. The van der Waals surface area contributed by atoms with Gasteiger partial charge in [0.2, 0.25) is 0 Å². The minimum absolute atomic E-state index is 0.0412. The zero-order chi connectivity index (χ0) is 17.0. The Morgan fingerprint density at radius 1 is 1.09 bits per heavy atom. The van der Waals surface area contributed by atoms with Crippen LogP contribution in [0.15, 0.2) is 52.8 Å². The molecule has 0 bridgehead atoms. The normalized spacial score (nSPS) is 15.7. The first-order valence-corrected chi connectivity index (χ1v) is 6.85. The fraction of sp³-hybridized carbons (Fsp3) is 0.167. The van der Waals surface area contributed by atoms with Crippen LogP contribution in [0.1, 0.15) is 19.4 Å². The lowest BCUT2D eigenvalue weighted by molar-refractivity contribution is 0.0954. The first-order valence-electron chi connectivity index (χ1n) is 6.85. The van der Waals surface area contributed by atoms with Gasteiger partial charge in [0.15, 0.2) is 11.3 Å². The molecule has 0 aliphatic carbocycles. The highest BCUT2D eigenvalue weighted by Gasteiger charge is 2.38. The number of nitrogens with two attached hydrogens (primary N) is 1. The monoisotopic (exact) mass is 302 g/mol. The second kappa shape index (κ2) is 6.10. The minimum atomic E-state index is -0.802. The van der Waals surface area contributed by atoms with Crippen molar-refractivity contribution in [3.63, 3.8) is 0 Å². The maximum Gasteiger partial charge on any atom is 0.172 e. The first-order chi connectivity index (χ1) is 10.9. The van der Waals surface area contributed by atoms with Crippen LogP contribution in [0.5, 0.6) is 0 Å². The van der Waals surface area contributed by atoms with Crippen LogP contribution in [-0.4, -0.2) is 5.60 Å². The van der Waals surface area contributed by atoms with E-state index in [4.69, 9.17) is 21.0 Å². The fourth-order valence-corrected chi connectivity index (χ4v) is 2.27. The molecule has 1 aromatic rings. The van der Waals surface area contributed by atoms with Crippen LogP contribution in [0.25, 0.3) is 6.08 Å². The van der Waals surface area contributed by atoms with Crippen LogP contribution < -0.4 is 5.73 Å². The summed E-state index contributed by atoms with van der Waals surface area (Å²) in [6.45, 7) is 3.57. The van der Waals surface area contributed by atoms with E-state index in [1.807, 2.05) is 24.3 Å². The highest BCUT2D eigenvalue weighted by molar-refractivity contribution is 5.64. The van der Waals surface area contributed by atoms with Gasteiger partial charge in [-0.05, 0) is 31.5 Å². The van der Waals surface area contributed by atoms with E-state index in [1.165, 1.54) is 0 Å². The molecule has 5 heteroatoms. The van der Waals surface area contributed by atoms with Crippen LogP contribution in [0, 0.1) is 34.0 Å². The zero-order valence-corrected chi connectivity index (χ0v) is 12.8. The Balaban J connectivity index is 2.53. The lowest BCUT2D eigenvalue weighted by Crippen LogP contribution is -2.20. The van der Waals surface area contributed by atoms with Crippen molar-refractivity contribution < 1.29 is 4.74 Å². The molecule has 112 valence electrons. The van der Waals surface area contributed by atoms with E-state index in [-0.39, 0.29) is 16.9 Å². The zero-order valence-electron chi connectivity index (χ0n) is 12.8. The van der Waals surface area contributed by atoms with E-state index in [2.05, 4.69) is 0 Å². The Bertz CT molecular complexity index is 834. The van der Waals surface area contributed by atoms with Gasteiger partial charge in [0.1, 0.15) is 29.4 Å². The number of nitrogen functional groups attached to an aromatic ring is 1. The van der Waals surface area contributed by atoms with Gasteiger partial charge in [-0.25, -0.2) is 0 Å². The molecule has 1 aromatic carbocycles. The lowest BCUT2D eigenvalue weighted by atomic mass is 9.94. The van der Waals surface area contributed by atoms with E-state index in [0.29, 0.717) is 11.3 Å². The van der Waals surface area contributed by atoms with E-state index in [0.717, 1.165) is 5.56 Å². The number of nitriles is 3. The van der Waals surface area contributed by atoms with Crippen molar-refractivity contribution in [2.24, 2.45) is 0 Å². The minimum Gasteiger partial charge on any atom is -0.480 e. The number of anilines is 1. The molecule has 0 saturated heterocycles. The fourth-order valence-electron chi connectivity index (χ4n) is 2.27. The van der Waals surface area contributed by atoms with E-state index in [1.54, 1.807) is 44.2 Å². The molecule has 0 amide bonds. The lowest BCUT2D eigenvalue weighted by Gasteiger charge is -2.20. The predicted octanol–water partition coefficient (Wildman–Crippen LogP) is 3.21. The van der Waals surface area contributed by atoms with Gasteiger partial charge in [0.05, 0.1) is 0 Å². The molecule has 5 nitrogen and oxygen atoms in total. The Morgan fingerprint density at radius 3 is 2.22 bits per heavy atom. The molecule has 1 aliphatic heterocycles. The average Bonchev–Trinajstić information content (AvgIpc) is 2.78. The van der Waals surface area contributed by atoms with Crippen LogP contribution in [0.2, 0.25) is 0 Å². The van der Waals surface area contributed by atoms with Gasteiger partial charge in [-0.15, -0.1) is 0 Å². The van der Waals surface area contributed by atoms with Crippen molar-refractivity contribution in [3.8, 4) is 18.2 Å². The van der Waals surface area contributed by atoms with Gasteiger partial charge in [-0.3, -0.25) is 0 Å². The smallest absolute Gasteiger partial charge is 0.172 e. The Labute approximate surface area is 134 Å². The summed E-state index contributed by atoms with van der Waals surface area (Å²) in [6.07, 6.45) is 3.60. The molecule has 0 spiro atoms. The van der Waals surface area contributed by atoms with Crippen LogP contribution >= 0.6 is 0 Å². The molecule has 0 atom stereocenters. The quantitative estimate of drug-likeness (QED) is 0.666. The molecule has 0 saturated carbocycles. The van der Waals surface area contributed by atoms with Gasteiger partial charge in [-0.2, -0.15) is 15.8 Å². The van der Waals surface area contributed by atoms with E-state index >= 15 is 0 Å². The molecule has 2 rings (SSSR count). The number of benzene rings is 1.